The fraction of sp³-hybridized carbons (Fsp3) is 0.300. The second kappa shape index (κ2) is 4.91. The van der Waals surface area contributed by atoms with Crippen LogP contribution in [0.25, 0.3) is 0 Å². The molecule has 0 aliphatic heterocycles. The van der Waals surface area contributed by atoms with E-state index >= 15 is 0 Å². The molecule has 1 aromatic carbocycles. The average Bonchev–Trinajstić information content (AvgIpc) is 2.20. The summed E-state index contributed by atoms with van der Waals surface area (Å²) in [5, 5.41) is 18.3. The zero-order valence-corrected chi connectivity index (χ0v) is 8.48. The van der Waals surface area contributed by atoms with Gasteiger partial charge in [0.15, 0.2) is 0 Å². The van der Waals surface area contributed by atoms with Crippen LogP contribution in [0.2, 0.25) is 0 Å². The summed E-state index contributed by atoms with van der Waals surface area (Å²) >= 11 is 0. The standard InChI is InChI=1S/C10H13FN2O3/c11-5-3-6(8(13)1-2-12)9(14)7(4-5)10(15)16/h3-4,8,14H,1-2,12-13H2,(H,15,16)/t8-/m0/s1. The highest BCUT2D eigenvalue weighted by atomic mass is 19.1. The molecule has 1 atom stereocenters. The molecule has 0 unspecified atom stereocenters. The summed E-state index contributed by atoms with van der Waals surface area (Å²) in [4.78, 5) is 10.7. The normalized spacial score (nSPS) is 12.4. The molecule has 1 aromatic rings. The third kappa shape index (κ3) is 2.47. The number of hydrogen-bond acceptors (Lipinski definition) is 4. The van der Waals surface area contributed by atoms with E-state index in [9.17, 15) is 14.3 Å². The van der Waals surface area contributed by atoms with Gasteiger partial charge in [0.05, 0.1) is 0 Å². The highest BCUT2D eigenvalue weighted by molar-refractivity contribution is 5.91. The van der Waals surface area contributed by atoms with Crippen molar-refractivity contribution in [3.05, 3.63) is 29.1 Å². The van der Waals surface area contributed by atoms with Crippen molar-refractivity contribution in [2.45, 2.75) is 12.5 Å². The van der Waals surface area contributed by atoms with Crippen LogP contribution in [0, 0.1) is 5.82 Å². The Morgan fingerprint density at radius 3 is 2.62 bits per heavy atom. The van der Waals surface area contributed by atoms with Crippen molar-refractivity contribution >= 4 is 5.97 Å². The lowest BCUT2D eigenvalue weighted by Crippen LogP contribution is -2.16. The van der Waals surface area contributed by atoms with Crippen LogP contribution in [0.3, 0.4) is 0 Å². The summed E-state index contributed by atoms with van der Waals surface area (Å²) in [6.45, 7) is 0.263. The molecule has 0 amide bonds. The molecule has 0 aliphatic rings. The first-order valence-electron chi connectivity index (χ1n) is 4.68. The number of benzene rings is 1. The van der Waals surface area contributed by atoms with E-state index < -0.39 is 29.1 Å². The van der Waals surface area contributed by atoms with Crippen LogP contribution in [-0.2, 0) is 0 Å². The summed E-state index contributed by atoms with van der Waals surface area (Å²) < 4.78 is 13.1. The lowest BCUT2D eigenvalue weighted by atomic mass is 10.00. The van der Waals surface area contributed by atoms with Gasteiger partial charge in [0.25, 0.3) is 0 Å². The van der Waals surface area contributed by atoms with E-state index in [0.29, 0.717) is 6.42 Å². The molecule has 16 heavy (non-hydrogen) atoms. The number of aromatic carboxylic acids is 1. The Morgan fingerprint density at radius 2 is 2.12 bits per heavy atom. The SMILES string of the molecule is NCC[C@H](N)c1cc(F)cc(C(=O)O)c1O. The molecule has 0 radical (unpaired) electrons. The molecular weight excluding hydrogens is 215 g/mol. The molecule has 5 nitrogen and oxygen atoms in total. The Balaban J connectivity index is 3.23. The number of carboxylic acids is 1. The van der Waals surface area contributed by atoms with Crippen LogP contribution < -0.4 is 11.5 Å². The molecule has 0 fully saturated rings. The lowest BCUT2D eigenvalue weighted by Gasteiger charge is -2.14. The molecule has 0 bridgehead atoms. The van der Waals surface area contributed by atoms with Crippen LogP contribution in [0.1, 0.15) is 28.4 Å². The van der Waals surface area contributed by atoms with Crippen LogP contribution in [0.15, 0.2) is 12.1 Å². The highest BCUT2D eigenvalue weighted by Gasteiger charge is 2.19. The Bertz CT molecular complexity index is 409. The smallest absolute Gasteiger partial charge is 0.339 e. The van der Waals surface area contributed by atoms with Gasteiger partial charge in [-0.1, -0.05) is 0 Å². The Morgan fingerprint density at radius 1 is 1.50 bits per heavy atom. The average molecular weight is 228 g/mol. The van der Waals surface area contributed by atoms with Crippen LogP contribution in [-0.4, -0.2) is 22.7 Å². The van der Waals surface area contributed by atoms with E-state index in [-0.39, 0.29) is 12.1 Å². The molecule has 0 heterocycles. The van der Waals surface area contributed by atoms with E-state index in [1.165, 1.54) is 0 Å². The molecule has 0 saturated carbocycles. The first-order chi connectivity index (χ1) is 7.47. The van der Waals surface area contributed by atoms with Crippen molar-refractivity contribution < 1.29 is 19.4 Å². The van der Waals surface area contributed by atoms with Gasteiger partial charge in [-0.2, -0.15) is 0 Å². The number of nitrogens with two attached hydrogens (primary N) is 2. The van der Waals surface area contributed by atoms with E-state index in [4.69, 9.17) is 16.6 Å². The van der Waals surface area contributed by atoms with Crippen LogP contribution in [0.4, 0.5) is 4.39 Å². The van der Waals surface area contributed by atoms with Gasteiger partial charge in [0.1, 0.15) is 17.1 Å². The fourth-order valence-electron chi connectivity index (χ4n) is 1.40. The molecular formula is C10H13FN2O3. The van der Waals surface area contributed by atoms with Crippen molar-refractivity contribution in [1.29, 1.82) is 0 Å². The second-order valence-corrected chi connectivity index (χ2v) is 3.38. The topological polar surface area (TPSA) is 110 Å². The number of aromatic hydroxyl groups is 1. The Hall–Kier alpha value is -1.66. The minimum Gasteiger partial charge on any atom is -0.507 e. The summed E-state index contributed by atoms with van der Waals surface area (Å²) in [5.41, 5.74) is 10.5. The fourth-order valence-corrected chi connectivity index (χ4v) is 1.40. The summed E-state index contributed by atoms with van der Waals surface area (Å²) in [7, 11) is 0. The van der Waals surface area contributed by atoms with Gasteiger partial charge in [0.2, 0.25) is 0 Å². The quantitative estimate of drug-likeness (QED) is 0.602. The maximum atomic E-state index is 13.1. The molecule has 0 saturated heterocycles. The van der Waals surface area contributed by atoms with E-state index in [0.717, 1.165) is 12.1 Å². The molecule has 6 N–H and O–H groups in total. The number of phenols is 1. The summed E-state index contributed by atoms with van der Waals surface area (Å²) in [6.07, 6.45) is 0.329. The van der Waals surface area contributed by atoms with Crippen LogP contribution >= 0.6 is 0 Å². The molecule has 0 spiro atoms. The van der Waals surface area contributed by atoms with Gasteiger partial charge in [0, 0.05) is 11.6 Å². The van der Waals surface area contributed by atoms with Crippen molar-refractivity contribution in [2.75, 3.05) is 6.54 Å². The first-order valence-corrected chi connectivity index (χ1v) is 4.68. The van der Waals surface area contributed by atoms with Crippen molar-refractivity contribution in [3.8, 4) is 5.75 Å². The predicted molar refractivity (Wildman–Crippen MR) is 55.6 cm³/mol. The van der Waals surface area contributed by atoms with Crippen molar-refractivity contribution in [3.63, 3.8) is 0 Å². The summed E-state index contributed by atoms with van der Waals surface area (Å²) in [6, 6.07) is 1.08. The highest BCUT2D eigenvalue weighted by Crippen LogP contribution is 2.29. The van der Waals surface area contributed by atoms with Crippen molar-refractivity contribution in [1.82, 2.24) is 0 Å². The minimum atomic E-state index is -1.40. The third-order valence-electron chi connectivity index (χ3n) is 2.21. The van der Waals surface area contributed by atoms with Gasteiger partial charge in [-0.3, -0.25) is 0 Å². The first kappa shape index (κ1) is 12.4. The summed E-state index contributed by atoms with van der Waals surface area (Å²) in [5.74, 6) is -2.66. The number of rotatable bonds is 4. The maximum absolute atomic E-state index is 13.1. The third-order valence-corrected chi connectivity index (χ3v) is 2.21. The maximum Gasteiger partial charge on any atom is 0.339 e. The second-order valence-electron chi connectivity index (χ2n) is 3.38. The van der Waals surface area contributed by atoms with Gasteiger partial charge in [-0.25, -0.2) is 9.18 Å². The van der Waals surface area contributed by atoms with Crippen molar-refractivity contribution in [2.24, 2.45) is 11.5 Å². The van der Waals surface area contributed by atoms with Gasteiger partial charge in [-0.05, 0) is 25.1 Å². The minimum absolute atomic E-state index is 0.0582. The largest absolute Gasteiger partial charge is 0.507 e. The zero-order chi connectivity index (χ0) is 12.3. The molecule has 1 rings (SSSR count). The van der Waals surface area contributed by atoms with E-state index in [1.807, 2.05) is 0 Å². The number of carbonyl (C=O) groups is 1. The molecule has 0 aromatic heterocycles. The van der Waals surface area contributed by atoms with Crippen LogP contribution in [0.5, 0.6) is 5.75 Å². The molecule has 88 valence electrons. The Labute approximate surface area is 91.5 Å². The Kier molecular flexibility index (Phi) is 3.81. The number of halogens is 1. The monoisotopic (exact) mass is 228 g/mol. The van der Waals surface area contributed by atoms with E-state index in [1.54, 1.807) is 0 Å². The lowest BCUT2D eigenvalue weighted by molar-refractivity contribution is 0.0693. The van der Waals surface area contributed by atoms with Gasteiger partial charge in [-0.15, -0.1) is 0 Å². The zero-order valence-electron chi connectivity index (χ0n) is 8.48. The van der Waals surface area contributed by atoms with Gasteiger partial charge >= 0.3 is 5.97 Å². The number of hydrogen-bond donors (Lipinski definition) is 4. The van der Waals surface area contributed by atoms with E-state index in [2.05, 4.69) is 0 Å². The number of carboxylic acid groups (broad SMARTS) is 1. The molecule has 6 heteroatoms. The predicted octanol–water partition coefficient (Wildman–Crippen LogP) is 0.578. The molecule has 0 aliphatic carbocycles. The van der Waals surface area contributed by atoms with Gasteiger partial charge < -0.3 is 21.7 Å².